The first-order valence-corrected chi connectivity index (χ1v) is 7.70. The van der Waals surface area contributed by atoms with Crippen LogP contribution in [0, 0.1) is 17.2 Å². The highest BCUT2D eigenvalue weighted by Crippen LogP contribution is 2.43. The second-order valence-electron chi connectivity index (χ2n) is 6.48. The Morgan fingerprint density at radius 3 is 2.39 bits per heavy atom. The van der Waals surface area contributed by atoms with Gasteiger partial charge < -0.3 is 0 Å². The van der Waals surface area contributed by atoms with E-state index >= 15 is 0 Å². The molecule has 3 fully saturated rings. The smallest absolute Gasteiger partial charge is 0.122 e. The maximum absolute atomic E-state index is 9.74. The second kappa shape index (κ2) is 4.83. The van der Waals surface area contributed by atoms with Crippen LogP contribution in [-0.2, 0) is 0 Å². The molecule has 3 aliphatic rings. The fraction of sp³-hybridized carbons (Fsp3) is 0.933. The lowest BCUT2D eigenvalue weighted by atomic mass is 9.93. The molecule has 0 aromatic heterocycles. The lowest BCUT2D eigenvalue weighted by molar-refractivity contribution is 0.186. The van der Waals surface area contributed by atoms with Gasteiger partial charge in [0.1, 0.15) is 5.54 Å². The van der Waals surface area contributed by atoms with Crippen molar-refractivity contribution in [2.45, 2.75) is 69.5 Å². The number of rotatable bonds is 8. The maximum Gasteiger partial charge on any atom is 0.122 e. The Morgan fingerprint density at radius 2 is 1.94 bits per heavy atom. The van der Waals surface area contributed by atoms with Crippen LogP contribution in [0.3, 0.4) is 0 Å². The fourth-order valence-electron chi connectivity index (χ4n) is 3.06. The standard InChI is InChI=1S/C15H25N3/c1-2-9-18(14-7-8-14)11-15(10-16,12-3-4-12)17-13-5-6-13/h12-14,17H,2-9,11H2,1H3. The Bertz CT molecular complexity index is 336. The molecular weight excluding hydrogens is 222 g/mol. The zero-order valence-electron chi connectivity index (χ0n) is 11.5. The van der Waals surface area contributed by atoms with Gasteiger partial charge in [-0.05, 0) is 57.4 Å². The van der Waals surface area contributed by atoms with Crippen molar-refractivity contribution in [1.29, 1.82) is 5.26 Å². The Balaban J connectivity index is 1.68. The van der Waals surface area contributed by atoms with E-state index in [-0.39, 0.29) is 5.54 Å². The highest BCUT2D eigenvalue weighted by molar-refractivity contribution is 5.19. The first kappa shape index (κ1) is 12.4. The Hall–Kier alpha value is -0.590. The zero-order valence-corrected chi connectivity index (χ0v) is 11.5. The summed E-state index contributed by atoms with van der Waals surface area (Å²) < 4.78 is 0. The summed E-state index contributed by atoms with van der Waals surface area (Å²) >= 11 is 0. The minimum atomic E-state index is -0.237. The van der Waals surface area contributed by atoms with E-state index in [0.29, 0.717) is 12.0 Å². The van der Waals surface area contributed by atoms with Crippen LogP contribution in [0.25, 0.3) is 0 Å². The van der Waals surface area contributed by atoms with Crippen LogP contribution in [0.1, 0.15) is 51.9 Å². The van der Waals surface area contributed by atoms with Crippen molar-refractivity contribution < 1.29 is 0 Å². The van der Waals surface area contributed by atoms with Gasteiger partial charge in [-0.15, -0.1) is 0 Å². The van der Waals surface area contributed by atoms with Gasteiger partial charge in [0, 0.05) is 18.6 Å². The monoisotopic (exact) mass is 247 g/mol. The zero-order chi connectivity index (χ0) is 12.6. The largest absolute Gasteiger partial charge is 0.297 e. The highest BCUT2D eigenvalue weighted by atomic mass is 15.2. The van der Waals surface area contributed by atoms with Gasteiger partial charge in [0.15, 0.2) is 0 Å². The molecule has 3 saturated carbocycles. The minimum absolute atomic E-state index is 0.237. The predicted molar refractivity (Wildman–Crippen MR) is 72.1 cm³/mol. The molecular formula is C15H25N3. The summed E-state index contributed by atoms with van der Waals surface area (Å²) in [5.41, 5.74) is -0.237. The van der Waals surface area contributed by atoms with Crippen LogP contribution >= 0.6 is 0 Å². The average molecular weight is 247 g/mol. The van der Waals surface area contributed by atoms with Crippen LogP contribution < -0.4 is 5.32 Å². The van der Waals surface area contributed by atoms with Gasteiger partial charge in [0.2, 0.25) is 0 Å². The van der Waals surface area contributed by atoms with Crippen LogP contribution in [0.15, 0.2) is 0 Å². The normalized spacial score (nSPS) is 26.9. The molecule has 1 N–H and O–H groups in total. The molecule has 3 heteroatoms. The van der Waals surface area contributed by atoms with Crippen molar-refractivity contribution in [2.75, 3.05) is 13.1 Å². The minimum Gasteiger partial charge on any atom is -0.297 e. The third-order valence-corrected chi connectivity index (χ3v) is 4.54. The van der Waals surface area contributed by atoms with Crippen LogP contribution in [0.2, 0.25) is 0 Å². The SMILES string of the molecule is CCCN(CC(C#N)(NC1CC1)C1CC1)C1CC1. The van der Waals surface area contributed by atoms with Crippen molar-refractivity contribution in [1.82, 2.24) is 10.2 Å². The molecule has 0 aromatic rings. The highest BCUT2D eigenvalue weighted by Gasteiger charge is 2.50. The molecule has 0 amide bonds. The molecule has 100 valence electrons. The lowest BCUT2D eigenvalue weighted by Crippen LogP contribution is -2.55. The molecule has 18 heavy (non-hydrogen) atoms. The first-order valence-electron chi connectivity index (χ1n) is 7.70. The molecule has 0 bridgehead atoms. The molecule has 0 spiro atoms. The summed E-state index contributed by atoms with van der Waals surface area (Å²) in [6, 6.07) is 4.08. The van der Waals surface area contributed by atoms with Gasteiger partial charge in [0.05, 0.1) is 6.07 Å². The molecule has 0 aromatic carbocycles. The number of nitrogens with zero attached hydrogens (tertiary/aromatic N) is 2. The van der Waals surface area contributed by atoms with E-state index in [0.717, 1.165) is 19.1 Å². The number of nitriles is 1. The van der Waals surface area contributed by atoms with E-state index in [1.54, 1.807) is 0 Å². The molecule has 0 saturated heterocycles. The van der Waals surface area contributed by atoms with Crippen LogP contribution in [-0.4, -0.2) is 35.6 Å². The Morgan fingerprint density at radius 1 is 1.22 bits per heavy atom. The number of hydrogen-bond donors (Lipinski definition) is 1. The van der Waals surface area contributed by atoms with Gasteiger partial charge in [-0.1, -0.05) is 6.92 Å². The molecule has 1 atom stereocenters. The van der Waals surface area contributed by atoms with Crippen molar-refractivity contribution in [2.24, 2.45) is 5.92 Å². The molecule has 3 aliphatic carbocycles. The van der Waals surface area contributed by atoms with E-state index in [2.05, 4.69) is 23.2 Å². The molecule has 0 radical (unpaired) electrons. The van der Waals surface area contributed by atoms with Gasteiger partial charge >= 0.3 is 0 Å². The third-order valence-electron chi connectivity index (χ3n) is 4.54. The second-order valence-corrected chi connectivity index (χ2v) is 6.48. The van der Waals surface area contributed by atoms with E-state index in [9.17, 15) is 5.26 Å². The van der Waals surface area contributed by atoms with E-state index in [1.165, 1.54) is 44.9 Å². The average Bonchev–Trinajstić information content (AvgIpc) is 3.21. The Labute approximate surface area is 111 Å². The van der Waals surface area contributed by atoms with Crippen molar-refractivity contribution >= 4 is 0 Å². The molecule has 1 unspecified atom stereocenters. The quantitative estimate of drug-likeness (QED) is 0.715. The summed E-state index contributed by atoms with van der Waals surface area (Å²) in [6.45, 7) is 4.37. The molecule has 3 rings (SSSR count). The predicted octanol–water partition coefficient (Wildman–Crippen LogP) is 2.29. The van der Waals surface area contributed by atoms with Crippen molar-refractivity contribution in [3.05, 3.63) is 0 Å². The lowest BCUT2D eigenvalue weighted by Gasteiger charge is -2.34. The first-order chi connectivity index (χ1) is 8.77. The summed E-state index contributed by atoms with van der Waals surface area (Å²) in [5.74, 6) is 0.612. The van der Waals surface area contributed by atoms with Crippen LogP contribution in [0.4, 0.5) is 0 Å². The van der Waals surface area contributed by atoms with Crippen molar-refractivity contribution in [3.63, 3.8) is 0 Å². The van der Waals surface area contributed by atoms with E-state index in [1.807, 2.05) is 0 Å². The summed E-state index contributed by atoms with van der Waals surface area (Å²) in [6.07, 6.45) is 8.92. The van der Waals surface area contributed by atoms with E-state index < -0.39 is 0 Å². The maximum atomic E-state index is 9.74. The number of hydrogen-bond acceptors (Lipinski definition) is 3. The molecule has 0 aliphatic heterocycles. The topological polar surface area (TPSA) is 39.1 Å². The van der Waals surface area contributed by atoms with Crippen molar-refractivity contribution in [3.8, 4) is 6.07 Å². The van der Waals surface area contributed by atoms with Gasteiger partial charge in [-0.25, -0.2) is 0 Å². The summed E-state index contributed by atoms with van der Waals surface area (Å²) in [7, 11) is 0. The molecule has 3 nitrogen and oxygen atoms in total. The summed E-state index contributed by atoms with van der Waals surface area (Å²) in [4.78, 5) is 2.58. The number of nitrogens with one attached hydrogen (secondary N) is 1. The van der Waals surface area contributed by atoms with Gasteiger partial charge in [0.25, 0.3) is 0 Å². The van der Waals surface area contributed by atoms with Gasteiger partial charge in [-0.3, -0.25) is 10.2 Å². The summed E-state index contributed by atoms with van der Waals surface area (Å²) in [5, 5.41) is 13.4. The van der Waals surface area contributed by atoms with Crippen LogP contribution in [0.5, 0.6) is 0 Å². The van der Waals surface area contributed by atoms with Gasteiger partial charge in [-0.2, -0.15) is 5.26 Å². The fourth-order valence-corrected chi connectivity index (χ4v) is 3.06. The van der Waals surface area contributed by atoms with E-state index in [4.69, 9.17) is 0 Å². The third kappa shape index (κ3) is 2.70. The molecule has 0 heterocycles. The Kier molecular flexibility index (Phi) is 3.34.